The number of nitrogens with zero attached hydrogens (tertiary/aromatic N) is 2. The highest BCUT2D eigenvalue weighted by Gasteiger charge is 2.12. The minimum absolute atomic E-state index is 0.223. The molecule has 3 aromatic rings. The molecule has 0 aliphatic carbocycles. The van der Waals surface area contributed by atoms with Gasteiger partial charge in [0, 0.05) is 16.3 Å². The Labute approximate surface area is 148 Å². The van der Waals surface area contributed by atoms with Crippen LogP contribution < -0.4 is 10.4 Å². The minimum atomic E-state index is -0.223. The molecule has 0 spiro atoms. The molecule has 0 fully saturated rings. The molecule has 24 heavy (non-hydrogen) atoms. The SMILES string of the molecule is COc1ccc(Cl)cc1CSc1n[nH]c(=O)n1Cc1ccccc1. The van der Waals surface area contributed by atoms with Crippen molar-refractivity contribution in [2.45, 2.75) is 17.5 Å². The first-order valence-electron chi connectivity index (χ1n) is 7.31. The van der Waals surface area contributed by atoms with E-state index in [9.17, 15) is 4.79 Å². The summed E-state index contributed by atoms with van der Waals surface area (Å²) in [5.74, 6) is 1.36. The van der Waals surface area contributed by atoms with E-state index in [0.717, 1.165) is 16.9 Å². The van der Waals surface area contributed by atoms with E-state index in [0.29, 0.717) is 22.5 Å². The highest BCUT2D eigenvalue weighted by Crippen LogP contribution is 2.29. The van der Waals surface area contributed by atoms with Crippen LogP contribution in [0, 0.1) is 0 Å². The number of hydrogen-bond donors (Lipinski definition) is 1. The quantitative estimate of drug-likeness (QED) is 0.682. The predicted octanol–water partition coefficient (Wildman–Crippen LogP) is 3.57. The Balaban J connectivity index is 1.79. The number of halogens is 1. The maximum Gasteiger partial charge on any atom is 0.344 e. The summed E-state index contributed by atoms with van der Waals surface area (Å²) >= 11 is 7.52. The molecule has 5 nitrogen and oxygen atoms in total. The number of benzene rings is 2. The molecule has 0 amide bonds. The molecular formula is C17H16ClN3O2S. The van der Waals surface area contributed by atoms with Gasteiger partial charge in [0.2, 0.25) is 0 Å². The number of hydrogen-bond acceptors (Lipinski definition) is 4. The number of methoxy groups -OCH3 is 1. The van der Waals surface area contributed by atoms with Crippen molar-refractivity contribution >= 4 is 23.4 Å². The van der Waals surface area contributed by atoms with Crippen LogP contribution in [-0.4, -0.2) is 21.9 Å². The summed E-state index contributed by atoms with van der Waals surface area (Å²) in [6.07, 6.45) is 0. The van der Waals surface area contributed by atoms with Gasteiger partial charge in [-0.2, -0.15) is 0 Å². The zero-order valence-electron chi connectivity index (χ0n) is 13.0. The van der Waals surface area contributed by atoms with Gasteiger partial charge in [-0.3, -0.25) is 4.57 Å². The third-order valence-corrected chi connectivity index (χ3v) is 4.77. The second kappa shape index (κ2) is 7.59. The fourth-order valence-electron chi connectivity index (χ4n) is 2.32. The third kappa shape index (κ3) is 3.83. The summed E-state index contributed by atoms with van der Waals surface area (Å²) < 4.78 is 6.97. The average Bonchev–Trinajstić information content (AvgIpc) is 2.94. The summed E-state index contributed by atoms with van der Waals surface area (Å²) in [6, 6.07) is 15.3. The lowest BCUT2D eigenvalue weighted by atomic mass is 10.2. The maximum atomic E-state index is 12.0. The van der Waals surface area contributed by atoms with Gasteiger partial charge in [0.1, 0.15) is 5.75 Å². The van der Waals surface area contributed by atoms with Crippen LogP contribution in [0.1, 0.15) is 11.1 Å². The fourth-order valence-corrected chi connectivity index (χ4v) is 3.44. The van der Waals surface area contributed by atoms with Crippen LogP contribution in [-0.2, 0) is 12.3 Å². The van der Waals surface area contributed by atoms with Crippen molar-refractivity contribution in [1.29, 1.82) is 0 Å². The molecule has 7 heteroatoms. The van der Waals surface area contributed by atoms with Crippen molar-refractivity contribution in [2.24, 2.45) is 0 Å². The molecule has 0 unspecified atom stereocenters. The largest absolute Gasteiger partial charge is 0.496 e. The second-order valence-corrected chi connectivity index (χ2v) is 6.51. The van der Waals surface area contributed by atoms with Crippen molar-refractivity contribution in [1.82, 2.24) is 14.8 Å². The van der Waals surface area contributed by atoms with Crippen LogP contribution in [0.15, 0.2) is 58.5 Å². The Hall–Kier alpha value is -2.18. The zero-order valence-corrected chi connectivity index (χ0v) is 14.6. The Morgan fingerprint density at radius 3 is 2.79 bits per heavy atom. The summed E-state index contributed by atoms with van der Waals surface area (Å²) in [7, 11) is 1.62. The van der Waals surface area contributed by atoms with Crippen LogP contribution in [0.2, 0.25) is 5.02 Å². The Kier molecular flexibility index (Phi) is 5.27. The topological polar surface area (TPSA) is 59.9 Å². The van der Waals surface area contributed by atoms with Crippen molar-refractivity contribution in [3.8, 4) is 5.75 Å². The van der Waals surface area contributed by atoms with Gasteiger partial charge in [0.25, 0.3) is 0 Å². The van der Waals surface area contributed by atoms with E-state index in [4.69, 9.17) is 16.3 Å². The highest BCUT2D eigenvalue weighted by molar-refractivity contribution is 7.98. The fraction of sp³-hybridized carbons (Fsp3) is 0.176. The predicted molar refractivity (Wildman–Crippen MR) is 96.0 cm³/mol. The minimum Gasteiger partial charge on any atom is -0.496 e. The number of H-pyrrole nitrogens is 1. The first kappa shape index (κ1) is 16.7. The van der Waals surface area contributed by atoms with Crippen LogP contribution in [0.3, 0.4) is 0 Å². The second-order valence-electron chi connectivity index (χ2n) is 5.13. The van der Waals surface area contributed by atoms with Gasteiger partial charge in [0.05, 0.1) is 13.7 Å². The van der Waals surface area contributed by atoms with E-state index >= 15 is 0 Å². The normalized spacial score (nSPS) is 10.8. The molecule has 0 atom stereocenters. The summed E-state index contributed by atoms with van der Waals surface area (Å²) in [6.45, 7) is 0.477. The molecule has 0 aliphatic heterocycles. The maximum absolute atomic E-state index is 12.0. The van der Waals surface area contributed by atoms with Gasteiger partial charge in [-0.05, 0) is 23.8 Å². The molecular weight excluding hydrogens is 346 g/mol. The molecule has 1 N–H and O–H groups in total. The van der Waals surface area contributed by atoms with E-state index < -0.39 is 0 Å². The zero-order chi connectivity index (χ0) is 16.9. The number of ether oxygens (including phenoxy) is 1. The molecule has 0 aliphatic rings. The summed E-state index contributed by atoms with van der Waals surface area (Å²) in [5, 5.41) is 7.91. The van der Waals surface area contributed by atoms with Crippen LogP contribution in [0.5, 0.6) is 5.75 Å². The summed E-state index contributed by atoms with van der Waals surface area (Å²) in [4.78, 5) is 12.0. The lowest BCUT2D eigenvalue weighted by molar-refractivity contribution is 0.411. The molecule has 1 aromatic heterocycles. The highest BCUT2D eigenvalue weighted by atomic mass is 35.5. The lowest BCUT2D eigenvalue weighted by Gasteiger charge is -2.09. The van der Waals surface area contributed by atoms with Gasteiger partial charge in [-0.1, -0.05) is 53.7 Å². The molecule has 124 valence electrons. The molecule has 0 saturated heterocycles. The number of aromatic amines is 1. The summed E-state index contributed by atoms with van der Waals surface area (Å²) in [5.41, 5.74) is 1.78. The Morgan fingerprint density at radius 1 is 1.25 bits per heavy atom. The average molecular weight is 362 g/mol. The first-order valence-corrected chi connectivity index (χ1v) is 8.68. The van der Waals surface area contributed by atoms with Gasteiger partial charge in [-0.25, -0.2) is 9.89 Å². The third-order valence-electron chi connectivity index (χ3n) is 3.51. The van der Waals surface area contributed by atoms with E-state index in [-0.39, 0.29) is 5.69 Å². The Morgan fingerprint density at radius 2 is 2.04 bits per heavy atom. The molecule has 0 saturated carbocycles. The van der Waals surface area contributed by atoms with Gasteiger partial charge in [0.15, 0.2) is 5.16 Å². The monoisotopic (exact) mass is 361 g/mol. The van der Waals surface area contributed by atoms with Crippen molar-refractivity contribution in [2.75, 3.05) is 7.11 Å². The number of nitrogens with one attached hydrogen (secondary N) is 1. The van der Waals surface area contributed by atoms with Gasteiger partial charge in [-0.15, -0.1) is 5.10 Å². The standard InChI is InChI=1S/C17H16ClN3O2S/c1-23-15-8-7-14(18)9-13(15)11-24-17-20-19-16(22)21(17)10-12-5-3-2-4-6-12/h2-9H,10-11H2,1H3,(H,19,22). The molecule has 0 bridgehead atoms. The van der Waals surface area contributed by atoms with Gasteiger partial charge < -0.3 is 4.74 Å². The van der Waals surface area contributed by atoms with E-state index in [1.807, 2.05) is 42.5 Å². The molecule has 0 radical (unpaired) electrons. The Bertz CT molecular complexity index is 877. The van der Waals surface area contributed by atoms with E-state index in [2.05, 4.69) is 10.2 Å². The first-order chi connectivity index (χ1) is 11.7. The molecule has 1 heterocycles. The number of thioether (sulfide) groups is 1. The van der Waals surface area contributed by atoms with Crippen LogP contribution >= 0.6 is 23.4 Å². The number of aromatic nitrogens is 3. The lowest BCUT2D eigenvalue weighted by Crippen LogP contribution is -2.18. The van der Waals surface area contributed by atoms with Crippen molar-refractivity contribution in [3.63, 3.8) is 0 Å². The van der Waals surface area contributed by atoms with Gasteiger partial charge >= 0.3 is 5.69 Å². The number of rotatable bonds is 6. The van der Waals surface area contributed by atoms with E-state index in [1.165, 1.54) is 11.8 Å². The molecule has 3 rings (SSSR count). The van der Waals surface area contributed by atoms with E-state index in [1.54, 1.807) is 17.7 Å². The van der Waals surface area contributed by atoms with Crippen LogP contribution in [0.25, 0.3) is 0 Å². The smallest absolute Gasteiger partial charge is 0.344 e. The molecule has 2 aromatic carbocycles. The van der Waals surface area contributed by atoms with Crippen molar-refractivity contribution < 1.29 is 4.74 Å². The van der Waals surface area contributed by atoms with Crippen LogP contribution in [0.4, 0.5) is 0 Å². The van der Waals surface area contributed by atoms with Crippen molar-refractivity contribution in [3.05, 3.63) is 75.2 Å².